The van der Waals surface area contributed by atoms with Crippen molar-refractivity contribution in [1.82, 2.24) is 10.2 Å². The standard InChI is InChI=1S/C26H27F3N2O4/c1-16-20(22(33)35-5)25(26(27,28)29,23(34)31(16)15-17-9-7-6-8-10-17)30-21(32)18-11-13-19(14-12-18)24(2,3)4/h6-14H,15H2,1-5H3,(H,30,32)/t25-/m0/s1. The molecule has 2 amide bonds. The van der Waals surface area contributed by atoms with Gasteiger partial charge in [-0.1, -0.05) is 63.2 Å². The molecule has 0 saturated carbocycles. The molecular weight excluding hydrogens is 461 g/mol. The lowest BCUT2D eigenvalue weighted by Gasteiger charge is -2.33. The van der Waals surface area contributed by atoms with Crippen LogP contribution in [0.3, 0.4) is 0 Å². The van der Waals surface area contributed by atoms with E-state index in [0.29, 0.717) is 5.56 Å². The second kappa shape index (κ2) is 9.20. The Morgan fingerprint density at radius 2 is 1.57 bits per heavy atom. The molecule has 1 aliphatic rings. The number of nitrogens with zero attached hydrogens (tertiary/aromatic N) is 1. The van der Waals surface area contributed by atoms with Crippen LogP contribution in [-0.2, 0) is 26.3 Å². The Labute approximate surface area is 201 Å². The second-order valence-corrected chi connectivity index (χ2v) is 9.36. The minimum absolute atomic E-state index is 0.0854. The molecule has 2 aromatic carbocycles. The molecule has 0 spiro atoms. The Balaban J connectivity index is 2.09. The average Bonchev–Trinajstić information content (AvgIpc) is 3.00. The maximum atomic E-state index is 14.7. The number of nitrogens with one attached hydrogen (secondary N) is 1. The topological polar surface area (TPSA) is 75.7 Å². The zero-order valence-electron chi connectivity index (χ0n) is 20.1. The third kappa shape index (κ3) is 4.67. The fraction of sp³-hybridized carbons (Fsp3) is 0.346. The second-order valence-electron chi connectivity index (χ2n) is 9.36. The van der Waals surface area contributed by atoms with Gasteiger partial charge in [0.1, 0.15) is 5.57 Å². The smallest absolute Gasteiger partial charge is 0.425 e. The largest absolute Gasteiger partial charge is 0.466 e. The van der Waals surface area contributed by atoms with Crippen LogP contribution < -0.4 is 5.32 Å². The van der Waals surface area contributed by atoms with Gasteiger partial charge < -0.3 is 15.0 Å². The van der Waals surface area contributed by atoms with Crippen LogP contribution >= 0.6 is 0 Å². The van der Waals surface area contributed by atoms with Crippen LogP contribution in [0.1, 0.15) is 49.2 Å². The Kier molecular flexibility index (Phi) is 6.83. The van der Waals surface area contributed by atoms with Crippen molar-refractivity contribution in [1.29, 1.82) is 0 Å². The van der Waals surface area contributed by atoms with Gasteiger partial charge in [0, 0.05) is 11.3 Å². The fourth-order valence-electron chi connectivity index (χ4n) is 4.04. The first kappa shape index (κ1) is 26.0. The zero-order valence-corrected chi connectivity index (χ0v) is 20.1. The number of halogens is 3. The van der Waals surface area contributed by atoms with E-state index in [1.807, 2.05) is 26.1 Å². The maximum absolute atomic E-state index is 14.7. The molecule has 0 unspecified atom stereocenters. The van der Waals surface area contributed by atoms with E-state index in [-0.39, 0.29) is 23.2 Å². The summed E-state index contributed by atoms with van der Waals surface area (Å²) in [4.78, 5) is 39.9. The van der Waals surface area contributed by atoms with Gasteiger partial charge in [-0.2, -0.15) is 13.2 Å². The Morgan fingerprint density at radius 3 is 2.06 bits per heavy atom. The molecule has 3 rings (SSSR count). The molecule has 0 fully saturated rings. The number of hydrogen-bond donors (Lipinski definition) is 1. The van der Waals surface area contributed by atoms with Crippen LogP contribution in [0, 0.1) is 0 Å². The maximum Gasteiger partial charge on any atom is 0.425 e. The van der Waals surface area contributed by atoms with Crippen molar-refractivity contribution in [3.63, 3.8) is 0 Å². The molecule has 0 aromatic heterocycles. The highest BCUT2D eigenvalue weighted by Crippen LogP contribution is 2.45. The zero-order chi connectivity index (χ0) is 26.2. The third-order valence-electron chi connectivity index (χ3n) is 6.02. The third-order valence-corrected chi connectivity index (χ3v) is 6.02. The number of amides is 2. The first-order chi connectivity index (χ1) is 16.2. The molecule has 35 heavy (non-hydrogen) atoms. The lowest BCUT2D eigenvalue weighted by molar-refractivity contribution is -0.192. The van der Waals surface area contributed by atoms with Crippen molar-refractivity contribution < 1.29 is 32.3 Å². The van der Waals surface area contributed by atoms with Gasteiger partial charge in [-0.25, -0.2) is 4.79 Å². The summed E-state index contributed by atoms with van der Waals surface area (Å²) in [5.41, 5.74) is -3.71. The summed E-state index contributed by atoms with van der Waals surface area (Å²) >= 11 is 0. The van der Waals surface area contributed by atoms with E-state index in [2.05, 4.69) is 4.74 Å². The summed E-state index contributed by atoms with van der Waals surface area (Å²) in [6, 6.07) is 14.4. The molecule has 186 valence electrons. The van der Waals surface area contributed by atoms with Gasteiger partial charge in [0.05, 0.1) is 13.7 Å². The Bertz CT molecular complexity index is 1170. The van der Waals surface area contributed by atoms with Crippen molar-refractivity contribution in [2.45, 2.75) is 51.4 Å². The Hall–Kier alpha value is -3.62. The molecule has 0 radical (unpaired) electrons. The molecule has 0 bridgehead atoms. The normalized spacial score (nSPS) is 18.6. The molecule has 1 aliphatic heterocycles. The summed E-state index contributed by atoms with van der Waals surface area (Å²) in [5, 5.41) is 1.85. The molecule has 2 aromatic rings. The highest BCUT2D eigenvalue weighted by atomic mass is 19.4. The lowest BCUT2D eigenvalue weighted by atomic mass is 9.86. The van der Waals surface area contributed by atoms with Crippen molar-refractivity contribution in [3.05, 3.63) is 82.6 Å². The summed E-state index contributed by atoms with van der Waals surface area (Å²) in [5.74, 6) is -3.98. The van der Waals surface area contributed by atoms with Crippen LogP contribution in [0.2, 0.25) is 0 Å². The summed E-state index contributed by atoms with van der Waals surface area (Å²) in [7, 11) is 0.918. The average molecular weight is 489 g/mol. The number of benzene rings is 2. The number of ether oxygens (including phenoxy) is 1. The lowest BCUT2D eigenvalue weighted by Crippen LogP contribution is -2.66. The summed E-state index contributed by atoms with van der Waals surface area (Å²) < 4.78 is 48.7. The number of allylic oxidation sites excluding steroid dienone is 1. The molecule has 1 N–H and O–H groups in total. The molecule has 1 atom stereocenters. The van der Waals surface area contributed by atoms with Crippen LogP contribution in [0.5, 0.6) is 0 Å². The van der Waals surface area contributed by atoms with E-state index in [4.69, 9.17) is 0 Å². The predicted octanol–water partition coefficient (Wildman–Crippen LogP) is 4.50. The van der Waals surface area contributed by atoms with Crippen molar-refractivity contribution >= 4 is 17.8 Å². The SMILES string of the molecule is COC(=O)C1=C(C)N(Cc2ccccc2)C(=O)[C@]1(NC(=O)c1ccc(C(C)(C)C)cc1)C(F)(F)F. The molecule has 1 heterocycles. The van der Waals surface area contributed by atoms with Gasteiger partial charge in [0.15, 0.2) is 0 Å². The van der Waals surface area contributed by atoms with Crippen molar-refractivity contribution in [3.8, 4) is 0 Å². The molecule has 0 aliphatic carbocycles. The Morgan fingerprint density at radius 1 is 1.00 bits per heavy atom. The monoisotopic (exact) mass is 488 g/mol. The number of esters is 1. The van der Waals surface area contributed by atoms with Crippen LogP contribution in [0.4, 0.5) is 13.2 Å². The molecule has 0 saturated heterocycles. The summed E-state index contributed by atoms with van der Waals surface area (Å²) in [6.45, 7) is 6.87. The molecule has 9 heteroatoms. The van der Waals surface area contributed by atoms with Gasteiger partial charge in [0.25, 0.3) is 17.4 Å². The quantitative estimate of drug-likeness (QED) is 0.629. The minimum Gasteiger partial charge on any atom is -0.466 e. The van der Waals surface area contributed by atoms with E-state index in [0.717, 1.165) is 17.6 Å². The van der Waals surface area contributed by atoms with E-state index in [1.165, 1.54) is 19.1 Å². The first-order valence-electron chi connectivity index (χ1n) is 10.9. The number of methoxy groups -OCH3 is 1. The van der Waals surface area contributed by atoms with E-state index in [9.17, 15) is 27.6 Å². The number of carbonyl (C=O) groups excluding carboxylic acids is 3. The van der Waals surface area contributed by atoms with Crippen molar-refractivity contribution in [2.75, 3.05) is 7.11 Å². The summed E-state index contributed by atoms with van der Waals surface area (Å²) in [6.07, 6.45) is -5.33. The number of carbonyl (C=O) groups is 3. The first-order valence-corrected chi connectivity index (χ1v) is 10.9. The van der Waals surface area contributed by atoms with E-state index in [1.54, 1.807) is 42.5 Å². The van der Waals surface area contributed by atoms with Gasteiger partial charge in [-0.3, -0.25) is 9.59 Å². The minimum atomic E-state index is -5.33. The van der Waals surface area contributed by atoms with E-state index < -0.39 is 35.1 Å². The van der Waals surface area contributed by atoms with Gasteiger partial charge >= 0.3 is 12.1 Å². The molecule has 6 nitrogen and oxygen atoms in total. The van der Waals surface area contributed by atoms with Crippen LogP contribution in [0.25, 0.3) is 0 Å². The van der Waals surface area contributed by atoms with Gasteiger partial charge in [-0.15, -0.1) is 0 Å². The van der Waals surface area contributed by atoms with Crippen LogP contribution in [0.15, 0.2) is 65.9 Å². The highest BCUT2D eigenvalue weighted by Gasteiger charge is 2.70. The number of hydrogen-bond acceptors (Lipinski definition) is 4. The fourth-order valence-corrected chi connectivity index (χ4v) is 4.04. The van der Waals surface area contributed by atoms with Gasteiger partial charge in [0.2, 0.25) is 0 Å². The van der Waals surface area contributed by atoms with Crippen LogP contribution in [-0.4, -0.2) is 41.5 Å². The number of rotatable bonds is 5. The van der Waals surface area contributed by atoms with Gasteiger partial charge in [-0.05, 0) is 35.6 Å². The molecular formula is C26H27F3N2O4. The van der Waals surface area contributed by atoms with Crippen molar-refractivity contribution in [2.24, 2.45) is 0 Å². The highest BCUT2D eigenvalue weighted by molar-refractivity contribution is 6.11. The number of alkyl halides is 3. The predicted molar refractivity (Wildman–Crippen MR) is 123 cm³/mol. The van der Waals surface area contributed by atoms with E-state index >= 15 is 0 Å².